The first-order valence-electron chi connectivity index (χ1n) is 9.46. The molecule has 0 aliphatic carbocycles. The summed E-state index contributed by atoms with van der Waals surface area (Å²) in [6, 6.07) is 9.68. The van der Waals surface area contributed by atoms with Crippen LogP contribution in [0.25, 0.3) is 33.2 Å². The second-order valence-corrected chi connectivity index (χ2v) is 8.22. The highest BCUT2D eigenvalue weighted by Gasteiger charge is 2.23. The quantitative estimate of drug-likeness (QED) is 0.558. The summed E-state index contributed by atoms with van der Waals surface area (Å²) in [5.41, 5.74) is 3.18. The number of rotatable bonds is 3. The Kier molecular flexibility index (Phi) is 4.28. The van der Waals surface area contributed by atoms with E-state index in [2.05, 4.69) is 28.9 Å². The van der Waals surface area contributed by atoms with Gasteiger partial charge in [0.25, 0.3) is 5.56 Å². The zero-order chi connectivity index (χ0) is 20.0. The topological polar surface area (TPSA) is 85.7 Å². The molecule has 7 nitrogen and oxygen atoms in total. The van der Waals surface area contributed by atoms with E-state index in [1.165, 1.54) is 4.88 Å². The molecule has 0 bridgehead atoms. The molecule has 5 rings (SSSR count). The fourth-order valence-electron chi connectivity index (χ4n) is 3.52. The number of hydrogen-bond acceptors (Lipinski definition) is 6. The minimum absolute atomic E-state index is 0.120. The van der Waals surface area contributed by atoms with Gasteiger partial charge < -0.3 is 9.72 Å². The Hall–Kier alpha value is -3.26. The smallest absolute Gasteiger partial charge is 0.255 e. The number of hydrogen-bond donors (Lipinski definition) is 1. The summed E-state index contributed by atoms with van der Waals surface area (Å²) in [4.78, 5) is 25.4. The first kappa shape index (κ1) is 17.8. The van der Waals surface area contributed by atoms with Gasteiger partial charge in [0.15, 0.2) is 10.8 Å². The van der Waals surface area contributed by atoms with Gasteiger partial charge in [-0.25, -0.2) is 14.6 Å². The summed E-state index contributed by atoms with van der Waals surface area (Å²) in [6.45, 7) is 4.71. The maximum absolute atomic E-state index is 12.2. The van der Waals surface area contributed by atoms with Crippen LogP contribution in [0.5, 0.6) is 5.75 Å². The molecule has 146 valence electrons. The Morgan fingerprint density at radius 1 is 1.24 bits per heavy atom. The van der Waals surface area contributed by atoms with Gasteiger partial charge in [0.1, 0.15) is 12.1 Å². The van der Waals surface area contributed by atoms with Crippen molar-refractivity contribution in [2.24, 2.45) is 0 Å². The first-order chi connectivity index (χ1) is 14.1. The Morgan fingerprint density at radius 3 is 2.97 bits per heavy atom. The minimum Gasteiger partial charge on any atom is -0.492 e. The zero-order valence-electron chi connectivity index (χ0n) is 16.0. The van der Waals surface area contributed by atoms with E-state index in [0.717, 1.165) is 39.8 Å². The number of thiazole rings is 1. The molecule has 0 saturated carbocycles. The standard InChI is InChI=1S/C21H19N5O2S/c1-12(2)26-19(23-11-24-26)21-25-18-15-6-5-13(14-4-3-8-22-20(14)27)10-16(15)28-9-7-17(18)29-21/h3-6,8,10-12H,7,9H2,1-2H3,(H,22,27). The summed E-state index contributed by atoms with van der Waals surface area (Å²) < 4.78 is 7.89. The second-order valence-electron chi connectivity index (χ2n) is 7.14. The molecule has 3 aromatic heterocycles. The van der Waals surface area contributed by atoms with Crippen molar-refractivity contribution in [1.29, 1.82) is 0 Å². The molecule has 1 aliphatic rings. The Balaban J connectivity index is 1.61. The van der Waals surface area contributed by atoms with Crippen molar-refractivity contribution in [1.82, 2.24) is 24.7 Å². The number of ether oxygens (including phenoxy) is 1. The molecule has 0 amide bonds. The molecule has 29 heavy (non-hydrogen) atoms. The summed E-state index contributed by atoms with van der Waals surface area (Å²) >= 11 is 1.64. The lowest BCUT2D eigenvalue weighted by atomic mass is 10.0. The fourth-order valence-corrected chi connectivity index (χ4v) is 4.56. The Bertz CT molecular complexity index is 1250. The van der Waals surface area contributed by atoms with Crippen molar-refractivity contribution in [3.05, 3.63) is 58.1 Å². The summed E-state index contributed by atoms with van der Waals surface area (Å²) in [7, 11) is 0. The first-order valence-corrected chi connectivity index (χ1v) is 10.3. The third-order valence-corrected chi connectivity index (χ3v) is 6.01. The van der Waals surface area contributed by atoms with Crippen molar-refractivity contribution < 1.29 is 4.74 Å². The molecule has 1 aliphatic heterocycles. The van der Waals surface area contributed by atoms with Crippen molar-refractivity contribution in [3.63, 3.8) is 0 Å². The zero-order valence-corrected chi connectivity index (χ0v) is 16.9. The highest BCUT2D eigenvalue weighted by Crippen LogP contribution is 2.41. The van der Waals surface area contributed by atoms with E-state index in [-0.39, 0.29) is 11.6 Å². The predicted molar refractivity (Wildman–Crippen MR) is 112 cm³/mol. The molecule has 0 radical (unpaired) electrons. The van der Waals surface area contributed by atoms with Crippen LogP contribution in [0.3, 0.4) is 0 Å². The van der Waals surface area contributed by atoms with E-state index in [4.69, 9.17) is 9.72 Å². The number of fused-ring (bicyclic) bond motifs is 3. The Labute approximate surface area is 171 Å². The van der Waals surface area contributed by atoms with Gasteiger partial charge in [-0.1, -0.05) is 6.07 Å². The number of nitrogens with zero attached hydrogens (tertiary/aromatic N) is 4. The lowest BCUT2D eigenvalue weighted by Crippen LogP contribution is -2.07. The van der Waals surface area contributed by atoms with E-state index in [0.29, 0.717) is 12.2 Å². The van der Waals surface area contributed by atoms with E-state index in [1.54, 1.807) is 23.9 Å². The van der Waals surface area contributed by atoms with Crippen LogP contribution in [-0.2, 0) is 6.42 Å². The van der Waals surface area contributed by atoms with Crippen LogP contribution in [0.1, 0.15) is 24.8 Å². The van der Waals surface area contributed by atoms with E-state index < -0.39 is 0 Å². The van der Waals surface area contributed by atoms with Crippen LogP contribution in [0.15, 0.2) is 47.7 Å². The summed E-state index contributed by atoms with van der Waals surface area (Å²) in [6.07, 6.45) is 3.98. The van der Waals surface area contributed by atoms with Crippen LogP contribution in [0.2, 0.25) is 0 Å². The Morgan fingerprint density at radius 2 is 2.14 bits per heavy atom. The van der Waals surface area contributed by atoms with Crippen molar-refractivity contribution in [2.45, 2.75) is 26.3 Å². The molecule has 0 unspecified atom stereocenters. The van der Waals surface area contributed by atoms with Gasteiger partial charge in [0, 0.05) is 34.7 Å². The molecular formula is C21H19N5O2S. The van der Waals surface area contributed by atoms with Gasteiger partial charge in [-0.3, -0.25) is 4.79 Å². The number of pyridine rings is 1. The molecule has 0 atom stereocenters. The van der Waals surface area contributed by atoms with E-state index in [9.17, 15) is 4.79 Å². The minimum atomic E-state index is -0.120. The molecule has 8 heteroatoms. The molecule has 4 aromatic rings. The van der Waals surface area contributed by atoms with Gasteiger partial charge in [-0.05, 0) is 43.7 Å². The van der Waals surface area contributed by atoms with Crippen LogP contribution in [0.4, 0.5) is 0 Å². The molecule has 1 aromatic carbocycles. The van der Waals surface area contributed by atoms with Gasteiger partial charge in [0.05, 0.1) is 12.3 Å². The van der Waals surface area contributed by atoms with E-state index in [1.807, 2.05) is 35.0 Å². The number of aromatic amines is 1. The molecule has 0 fully saturated rings. The number of aromatic nitrogens is 5. The summed E-state index contributed by atoms with van der Waals surface area (Å²) in [5, 5.41) is 5.19. The SMILES string of the molecule is CC(C)n1ncnc1-c1nc2c(s1)CCOc1cc(-c3ccc[nH]c3=O)ccc1-2. The van der Waals surface area contributed by atoms with Crippen molar-refractivity contribution in [2.75, 3.05) is 6.61 Å². The number of benzene rings is 1. The van der Waals surface area contributed by atoms with Gasteiger partial charge in [-0.2, -0.15) is 5.10 Å². The van der Waals surface area contributed by atoms with E-state index >= 15 is 0 Å². The number of H-pyrrole nitrogens is 1. The monoisotopic (exact) mass is 405 g/mol. The average molecular weight is 405 g/mol. The predicted octanol–water partition coefficient (Wildman–Crippen LogP) is 3.94. The molecular weight excluding hydrogens is 386 g/mol. The molecule has 1 N–H and O–H groups in total. The third kappa shape index (κ3) is 3.05. The third-order valence-electron chi connectivity index (χ3n) is 4.90. The maximum atomic E-state index is 12.2. The molecule has 4 heterocycles. The highest BCUT2D eigenvalue weighted by atomic mass is 32.1. The van der Waals surface area contributed by atoms with Crippen LogP contribution >= 0.6 is 11.3 Å². The lowest BCUT2D eigenvalue weighted by Gasteiger charge is -2.10. The lowest BCUT2D eigenvalue weighted by molar-refractivity contribution is 0.327. The fraction of sp³-hybridized carbons (Fsp3) is 0.238. The van der Waals surface area contributed by atoms with Gasteiger partial charge >= 0.3 is 0 Å². The largest absolute Gasteiger partial charge is 0.492 e. The normalized spacial score (nSPS) is 12.9. The maximum Gasteiger partial charge on any atom is 0.255 e. The highest BCUT2D eigenvalue weighted by molar-refractivity contribution is 7.15. The van der Waals surface area contributed by atoms with Gasteiger partial charge in [-0.15, -0.1) is 11.3 Å². The van der Waals surface area contributed by atoms with Crippen LogP contribution < -0.4 is 10.3 Å². The van der Waals surface area contributed by atoms with Crippen molar-refractivity contribution >= 4 is 11.3 Å². The van der Waals surface area contributed by atoms with Crippen molar-refractivity contribution in [3.8, 4) is 39.0 Å². The number of nitrogens with one attached hydrogen (secondary N) is 1. The average Bonchev–Trinajstić information content (AvgIpc) is 3.32. The van der Waals surface area contributed by atoms with Crippen LogP contribution in [-0.4, -0.2) is 31.3 Å². The second kappa shape index (κ2) is 6.97. The molecule has 0 saturated heterocycles. The summed E-state index contributed by atoms with van der Waals surface area (Å²) in [5.74, 6) is 1.53. The van der Waals surface area contributed by atoms with Gasteiger partial charge in [0.2, 0.25) is 0 Å². The molecule has 0 spiro atoms. The van der Waals surface area contributed by atoms with Crippen LogP contribution in [0, 0.1) is 0 Å².